The minimum atomic E-state index is -1.17. The van der Waals surface area contributed by atoms with Crippen LogP contribution < -0.4 is 0 Å². The Kier molecular flexibility index (Phi) is 7.66. The van der Waals surface area contributed by atoms with E-state index in [-0.39, 0.29) is 17.3 Å². The Bertz CT molecular complexity index is 1110. The van der Waals surface area contributed by atoms with Crippen molar-refractivity contribution in [2.24, 2.45) is 5.92 Å². The lowest BCUT2D eigenvalue weighted by atomic mass is 9.81. The first-order valence-electron chi connectivity index (χ1n) is 10.2. The minimum Gasteiger partial charge on any atom is -0.383 e. The minimum absolute atomic E-state index is 0.0235. The van der Waals surface area contributed by atoms with Crippen LogP contribution in [0, 0.1) is 12.8 Å². The van der Waals surface area contributed by atoms with Crippen LogP contribution in [0.2, 0.25) is 10.0 Å². The number of hydrogen-bond donors (Lipinski definition) is 1. The van der Waals surface area contributed by atoms with Crippen LogP contribution >= 0.6 is 23.2 Å². The molecule has 0 bridgehead atoms. The number of aliphatic hydroxyl groups excluding tert-OH is 1. The average Bonchev–Trinajstić information content (AvgIpc) is 2.77. The number of rotatable bonds is 7. The van der Waals surface area contributed by atoms with E-state index in [1.165, 1.54) is 0 Å². The highest BCUT2D eigenvalue weighted by Crippen LogP contribution is 2.40. The molecule has 1 heterocycles. The Balaban J connectivity index is 2.33. The molecule has 0 radical (unpaired) electrons. The maximum Gasteiger partial charge on any atom is 0.192 e. The fourth-order valence-electron chi connectivity index (χ4n) is 3.60. The Morgan fingerprint density at radius 3 is 2.48 bits per heavy atom. The SMILES string of the molecule is CCC(C)/C(=C(\C(=O)c1cccc(Cl)c1)C(O)c1cccnc1)c1ccc(C)cc1Cl. The van der Waals surface area contributed by atoms with Crippen molar-refractivity contribution in [1.29, 1.82) is 0 Å². The van der Waals surface area contributed by atoms with Crippen molar-refractivity contribution in [2.75, 3.05) is 0 Å². The highest BCUT2D eigenvalue weighted by molar-refractivity contribution is 6.33. The lowest BCUT2D eigenvalue weighted by Gasteiger charge is -2.25. The zero-order valence-corrected chi connectivity index (χ0v) is 19.3. The van der Waals surface area contributed by atoms with Crippen LogP contribution in [-0.2, 0) is 0 Å². The molecule has 0 spiro atoms. The molecule has 31 heavy (non-hydrogen) atoms. The van der Waals surface area contributed by atoms with Crippen LogP contribution in [0.4, 0.5) is 0 Å². The number of halogens is 2. The highest BCUT2D eigenvalue weighted by atomic mass is 35.5. The number of aliphatic hydroxyl groups is 1. The molecule has 0 saturated carbocycles. The van der Waals surface area contributed by atoms with E-state index in [1.54, 1.807) is 48.8 Å². The number of carbonyl (C=O) groups excluding carboxylic acids is 1. The number of hydrogen-bond acceptors (Lipinski definition) is 3. The van der Waals surface area contributed by atoms with Gasteiger partial charge in [-0.3, -0.25) is 9.78 Å². The second-order valence-corrected chi connectivity index (χ2v) is 8.49. The fourth-order valence-corrected chi connectivity index (χ4v) is 4.13. The van der Waals surface area contributed by atoms with Gasteiger partial charge in [-0.1, -0.05) is 67.4 Å². The summed E-state index contributed by atoms with van der Waals surface area (Å²) in [7, 11) is 0. The molecule has 2 aromatic carbocycles. The first-order valence-corrected chi connectivity index (χ1v) is 11.0. The summed E-state index contributed by atoms with van der Waals surface area (Å²) in [4.78, 5) is 17.9. The summed E-state index contributed by atoms with van der Waals surface area (Å²) in [6.07, 6.45) is 2.80. The maximum atomic E-state index is 13.8. The number of ketones is 1. The van der Waals surface area contributed by atoms with Gasteiger partial charge in [-0.15, -0.1) is 0 Å². The molecular weight excluding hydrogens is 429 g/mol. The molecule has 160 valence electrons. The smallest absolute Gasteiger partial charge is 0.192 e. The van der Waals surface area contributed by atoms with E-state index in [1.807, 2.05) is 39.0 Å². The Hall–Kier alpha value is -2.46. The van der Waals surface area contributed by atoms with Gasteiger partial charge in [0, 0.05) is 39.1 Å². The second kappa shape index (κ2) is 10.2. The van der Waals surface area contributed by atoms with Crippen molar-refractivity contribution >= 4 is 34.6 Å². The number of pyridine rings is 1. The number of allylic oxidation sites excluding steroid dienone is 1. The van der Waals surface area contributed by atoms with Crippen molar-refractivity contribution < 1.29 is 9.90 Å². The molecule has 0 fully saturated rings. The van der Waals surface area contributed by atoms with Gasteiger partial charge in [0.25, 0.3) is 0 Å². The first-order chi connectivity index (χ1) is 14.8. The molecule has 0 aliphatic rings. The third kappa shape index (κ3) is 5.24. The largest absolute Gasteiger partial charge is 0.383 e. The Morgan fingerprint density at radius 2 is 1.87 bits per heavy atom. The molecule has 2 atom stereocenters. The number of benzene rings is 2. The van der Waals surface area contributed by atoms with Gasteiger partial charge in [-0.2, -0.15) is 0 Å². The number of nitrogens with zero attached hydrogens (tertiary/aromatic N) is 1. The normalized spacial score (nSPS) is 14.0. The zero-order valence-electron chi connectivity index (χ0n) is 17.8. The van der Waals surface area contributed by atoms with Crippen molar-refractivity contribution in [3.63, 3.8) is 0 Å². The highest BCUT2D eigenvalue weighted by Gasteiger charge is 2.29. The molecule has 3 aromatic rings. The van der Waals surface area contributed by atoms with E-state index in [0.29, 0.717) is 21.2 Å². The lowest BCUT2D eigenvalue weighted by Crippen LogP contribution is -2.17. The van der Waals surface area contributed by atoms with Crippen molar-refractivity contribution in [3.05, 3.63) is 105 Å². The average molecular weight is 454 g/mol. The Morgan fingerprint density at radius 1 is 1.10 bits per heavy atom. The predicted molar refractivity (Wildman–Crippen MR) is 128 cm³/mol. The van der Waals surface area contributed by atoms with Gasteiger partial charge in [0.15, 0.2) is 5.78 Å². The molecule has 3 rings (SSSR count). The van der Waals surface area contributed by atoms with Gasteiger partial charge in [-0.25, -0.2) is 0 Å². The number of aryl methyl sites for hydroxylation is 1. The quantitative estimate of drug-likeness (QED) is 0.306. The van der Waals surface area contributed by atoms with Gasteiger partial charge >= 0.3 is 0 Å². The molecule has 0 aliphatic heterocycles. The van der Waals surface area contributed by atoms with Crippen LogP contribution in [-0.4, -0.2) is 15.9 Å². The van der Waals surface area contributed by atoms with E-state index >= 15 is 0 Å². The molecule has 2 unspecified atom stereocenters. The van der Waals surface area contributed by atoms with E-state index < -0.39 is 6.10 Å². The van der Waals surface area contributed by atoms with E-state index in [4.69, 9.17) is 23.2 Å². The van der Waals surface area contributed by atoms with Crippen molar-refractivity contribution in [1.82, 2.24) is 4.98 Å². The van der Waals surface area contributed by atoms with Gasteiger partial charge in [0.05, 0.1) is 0 Å². The van der Waals surface area contributed by atoms with Crippen LogP contribution in [0.3, 0.4) is 0 Å². The molecule has 3 nitrogen and oxygen atoms in total. The predicted octanol–water partition coefficient (Wildman–Crippen LogP) is 7.11. The summed E-state index contributed by atoms with van der Waals surface area (Å²) in [5.41, 5.74) is 3.73. The van der Waals surface area contributed by atoms with Crippen LogP contribution in [0.15, 0.2) is 72.6 Å². The van der Waals surface area contributed by atoms with Crippen LogP contribution in [0.1, 0.15) is 53.4 Å². The van der Waals surface area contributed by atoms with E-state index in [2.05, 4.69) is 4.98 Å². The topological polar surface area (TPSA) is 50.2 Å². The van der Waals surface area contributed by atoms with E-state index in [9.17, 15) is 9.90 Å². The van der Waals surface area contributed by atoms with Crippen LogP contribution in [0.25, 0.3) is 5.57 Å². The van der Waals surface area contributed by atoms with E-state index in [0.717, 1.165) is 23.1 Å². The molecular formula is C26H25Cl2NO2. The summed E-state index contributed by atoms with van der Waals surface area (Å²) >= 11 is 12.8. The fraction of sp³-hybridized carbons (Fsp3) is 0.231. The molecule has 1 aromatic heterocycles. The Labute approximate surface area is 193 Å². The summed E-state index contributed by atoms with van der Waals surface area (Å²) in [6.45, 7) is 6.04. The number of aromatic nitrogens is 1. The third-order valence-electron chi connectivity index (χ3n) is 5.42. The van der Waals surface area contributed by atoms with Crippen LogP contribution in [0.5, 0.6) is 0 Å². The number of Topliss-reactive ketones (excluding diaryl/α,β-unsaturated/α-hetero) is 1. The standard InChI is InChI=1S/C26H25Cl2NO2/c1-4-17(3)23(21-11-10-16(2)13-22(21)28)24(26(31)19-8-6-12-29-15-19)25(30)18-7-5-9-20(27)14-18/h5-15,17,26,31H,4H2,1-3H3/b24-23-. The lowest BCUT2D eigenvalue weighted by molar-refractivity contribution is 0.0987. The zero-order chi connectivity index (χ0) is 22.5. The molecule has 5 heteroatoms. The second-order valence-electron chi connectivity index (χ2n) is 7.65. The summed E-state index contributed by atoms with van der Waals surface area (Å²) in [6, 6.07) is 16.0. The van der Waals surface area contributed by atoms with Gasteiger partial charge in [-0.05, 0) is 60.2 Å². The summed E-state index contributed by atoms with van der Waals surface area (Å²) < 4.78 is 0. The molecule has 0 amide bonds. The van der Waals surface area contributed by atoms with Gasteiger partial charge in [0.2, 0.25) is 0 Å². The van der Waals surface area contributed by atoms with Gasteiger partial charge < -0.3 is 5.11 Å². The molecule has 0 saturated heterocycles. The maximum absolute atomic E-state index is 13.8. The van der Waals surface area contributed by atoms with Crippen molar-refractivity contribution in [2.45, 2.75) is 33.3 Å². The van der Waals surface area contributed by atoms with Crippen molar-refractivity contribution in [3.8, 4) is 0 Å². The monoisotopic (exact) mass is 453 g/mol. The first kappa shape index (κ1) is 23.2. The number of carbonyl (C=O) groups is 1. The molecule has 0 aliphatic carbocycles. The van der Waals surface area contributed by atoms with Gasteiger partial charge in [0.1, 0.15) is 6.10 Å². The summed E-state index contributed by atoms with van der Waals surface area (Å²) in [5, 5.41) is 12.4. The summed E-state index contributed by atoms with van der Waals surface area (Å²) in [5.74, 6) is -0.310. The molecule has 1 N–H and O–H groups in total. The third-order valence-corrected chi connectivity index (χ3v) is 5.96.